The van der Waals surface area contributed by atoms with Crippen LogP contribution in [0.4, 0.5) is 4.39 Å². The molecule has 0 spiro atoms. The number of nitrogens with zero attached hydrogens (tertiary/aromatic N) is 3. The minimum Gasteiger partial charge on any atom is -0.486 e. The average Bonchev–Trinajstić information content (AvgIpc) is 3.22. The van der Waals surface area contributed by atoms with Crippen molar-refractivity contribution in [3.8, 4) is 5.75 Å². The summed E-state index contributed by atoms with van der Waals surface area (Å²) in [5.41, 5.74) is 1.75. The van der Waals surface area contributed by atoms with Gasteiger partial charge in [0.2, 0.25) is 0 Å². The Kier molecular flexibility index (Phi) is 5.73. The predicted octanol–water partition coefficient (Wildman–Crippen LogP) is 4.23. The maximum atomic E-state index is 13.6. The molecule has 1 aromatic carbocycles. The SMILES string of the molecule is CN(Cc1c(Br)cnn1C)C(=O)c1cc(COc2ccccc2F)cs1. The minimum atomic E-state index is -0.402. The Hall–Kier alpha value is -2.19. The van der Waals surface area contributed by atoms with E-state index >= 15 is 0 Å². The molecule has 0 N–H and O–H groups in total. The van der Waals surface area contributed by atoms with Crippen molar-refractivity contribution >= 4 is 33.2 Å². The van der Waals surface area contributed by atoms with Gasteiger partial charge in [-0.1, -0.05) is 12.1 Å². The summed E-state index contributed by atoms with van der Waals surface area (Å²) < 4.78 is 21.7. The molecular formula is C18H17BrFN3O2S. The fraction of sp³-hybridized carbons (Fsp3) is 0.222. The lowest BCUT2D eigenvalue weighted by Crippen LogP contribution is -2.26. The number of aryl methyl sites for hydroxylation is 1. The van der Waals surface area contributed by atoms with Crippen molar-refractivity contribution in [1.29, 1.82) is 0 Å². The summed E-state index contributed by atoms with van der Waals surface area (Å²) in [4.78, 5) is 14.9. The van der Waals surface area contributed by atoms with E-state index in [0.29, 0.717) is 11.4 Å². The highest BCUT2D eigenvalue weighted by molar-refractivity contribution is 9.10. The highest BCUT2D eigenvalue weighted by Gasteiger charge is 2.17. The molecule has 26 heavy (non-hydrogen) atoms. The zero-order valence-electron chi connectivity index (χ0n) is 14.3. The number of ether oxygens (including phenoxy) is 1. The van der Waals surface area contributed by atoms with E-state index < -0.39 is 5.82 Å². The molecular weight excluding hydrogens is 421 g/mol. The first-order valence-electron chi connectivity index (χ1n) is 7.82. The van der Waals surface area contributed by atoms with Gasteiger partial charge in [-0.3, -0.25) is 9.48 Å². The van der Waals surface area contributed by atoms with E-state index in [1.54, 1.807) is 47.1 Å². The number of aromatic nitrogens is 2. The Morgan fingerprint density at radius 3 is 2.88 bits per heavy atom. The second-order valence-electron chi connectivity index (χ2n) is 5.76. The molecule has 0 aliphatic rings. The third kappa shape index (κ3) is 4.13. The van der Waals surface area contributed by atoms with Crippen LogP contribution in [0.15, 0.2) is 46.4 Å². The highest BCUT2D eigenvalue weighted by atomic mass is 79.9. The van der Waals surface area contributed by atoms with Crippen LogP contribution in [0.2, 0.25) is 0 Å². The molecule has 3 aromatic rings. The highest BCUT2D eigenvalue weighted by Crippen LogP contribution is 2.22. The van der Waals surface area contributed by atoms with Gasteiger partial charge in [-0.25, -0.2) is 4.39 Å². The van der Waals surface area contributed by atoms with E-state index in [2.05, 4.69) is 21.0 Å². The van der Waals surface area contributed by atoms with Crippen LogP contribution in [0.25, 0.3) is 0 Å². The van der Waals surface area contributed by atoms with Crippen molar-refractivity contribution < 1.29 is 13.9 Å². The molecule has 0 unspecified atom stereocenters. The van der Waals surface area contributed by atoms with Gasteiger partial charge in [-0.05, 0) is 39.5 Å². The number of hydrogen-bond donors (Lipinski definition) is 0. The number of para-hydroxylation sites is 1. The summed E-state index contributed by atoms with van der Waals surface area (Å²) in [5.74, 6) is -0.287. The van der Waals surface area contributed by atoms with Gasteiger partial charge >= 0.3 is 0 Å². The maximum Gasteiger partial charge on any atom is 0.264 e. The van der Waals surface area contributed by atoms with Crippen molar-refractivity contribution in [1.82, 2.24) is 14.7 Å². The van der Waals surface area contributed by atoms with Gasteiger partial charge in [0.15, 0.2) is 11.6 Å². The minimum absolute atomic E-state index is 0.0831. The Bertz CT molecular complexity index is 905. The van der Waals surface area contributed by atoms with Crippen LogP contribution < -0.4 is 4.74 Å². The number of hydrogen-bond acceptors (Lipinski definition) is 4. The summed E-state index contributed by atoms with van der Waals surface area (Å²) in [7, 11) is 3.58. The summed E-state index contributed by atoms with van der Waals surface area (Å²) in [6.45, 7) is 0.649. The van der Waals surface area contributed by atoms with Crippen LogP contribution in [0, 0.1) is 5.82 Å². The molecule has 0 bridgehead atoms. The molecule has 0 saturated carbocycles. The predicted molar refractivity (Wildman–Crippen MR) is 102 cm³/mol. The number of rotatable bonds is 6. The van der Waals surface area contributed by atoms with E-state index in [9.17, 15) is 9.18 Å². The Balaban J connectivity index is 1.63. The Morgan fingerprint density at radius 2 is 2.19 bits per heavy atom. The van der Waals surface area contributed by atoms with Gasteiger partial charge in [0.1, 0.15) is 6.61 Å². The van der Waals surface area contributed by atoms with Crippen molar-refractivity contribution in [2.75, 3.05) is 7.05 Å². The van der Waals surface area contributed by atoms with Crippen LogP contribution >= 0.6 is 27.3 Å². The summed E-state index contributed by atoms with van der Waals surface area (Å²) in [6, 6.07) is 8.03. The molecule has 0 aliphatic heterocycles. The molecule has 0 saturated heterocycles. The molecule has 2 aromatic heterocycles. The number of thiophene rings is 1. The fourth-order valence-corrected chi connectivity index (χ4v) is 3.75. The second-order valence-corrected chi connectivity index (χ2v) is 7.53. The topological polar surface area (TPSA) is 47.4 Å². The number of amides is 1. The molecule has 5 nitrogen and oxygen atoms in total. The zero-order chi connectivity index (χ0) is 18.7. The first-order valence-corrected chi connectivity index (χ1v) is 9.49. The molecule has 0 radical (unpaired) electrons. The van der Waals surface area contributed by atoms with Gasteiger partial charge in [-0.15, -0.1) is 11.3 Å². The second kappa shape index (κ2) is 8.01. The van der Waals surface area contributed by atoms with Crippen LogP contribution in [-0.2, 0) is 20.2 Å². The zero-order valence-corrected chi connectivity index (χ0v) is 16.7. The first kappa shape index (κ1) is 18.6. The molecule has 3 rings (SSSR count). The van der Waals surface area contributed by atoms with Crippen molar-refractivity contribution in [2.24, 2.45) is 7.05 Å². The molecule has 8 heteroatoms. The van der Waals surface area contributed by atoms with E-state index in [-0.39, 0.29) is 18.3 Å². The summed E-state index contributed by atoms with van der Waals surface area (Å²) in [6.07, 6.45) is 1.71. The van der Waals surface area contributed by atoms with Crippen molar-refractivity contribution in [3.05, 3.63) is 68.3 Å². The molecule has 1 amide bonds. The standard InChI is InChI=1S/C18H17BrFN3O2S/c1-22(9-15-13(19)8-21-23(15)2)18(24)17-7-12(11-26-17)10-25-16-6-4-3-5-14(16)20/h3-8,11H,9-10H2,1-2H3. The molecule has 2 heterocycles. The molecule has 0 fully saturated rings. The van der Waals surface area contributed by atoms with Crippen molar-refractivity contribution in [2.45, 2.75) is 13.2 Å². The quantitative estimate of drug-likeness (QED) is 0.579. The first-order chi connectivity index (χ1) is 12.5. The number of benzene rings is 1. The summed E-state index contributed by atoms with van der Waals surface area (Å²) in [5, 5.41) is 6.00. The van der Waals surface area contributed by atoms with Crippen LogP contribution in [0.3, 0.4) is 0 Å². The lowest BCUT2D eigenvalue weighted by Gasteiger charge is -2.16. The Morgan fingerprint density at radius 1 is 1.42 bits per heavy atom. The largest absolute Gasteiger partial charge is 0.486 e. The van der Waals surface area contributed by atoms with Gasteiger partial charge in [0.05, 0.1) is 27.8 Å². The van der Waals surface area contributed by atoms with Gasteiger partial charge < -0.3 is 9.64 Å². The molecule has 0 atom stereocenters. The monoisotopic (exact) mass is 437 g/mol. The van der Waals surface area contributed by atoms with Gasteiger partial charge in [0, 0.05) is 19.7 Å². The average molecular weight is 438 g/mol. The normalized spacial score (nSPS) is 10.8. The number of carbonyl (C=O) groups excluding carboxylic acids is 1. The molecule has 0 aliphatic carbocycles. The number of halogens is 2. The smallest absolute Gasteiger partial charge is 0.264 e. The number of carbonyl (C=O) groups is 1. The van der Waals surface area contributed by atoms with Gasteiger partial charge in [0.25, 0.3) is 5.91 Å². The molecule has 136 valence electrons. The summed E-state index contributed by atoms with van der Waals surface area (Å²) >= 11 is 4.78. The third-order valence-electron chi connectivity index (χ3n) is 3.84. The van der Waals surface area contributed by atoms with E-state index in [0.717, 1.165) is 15.7 Å². The third-order valence-corrected chi connectivity index (χ3v) is 5.47. The van der Waals surface area contributed by atoms with Gasteiger partial charge in [-0.2, -0.15) is 5.10 Å². The van der Waals surface area contributed by atoms with E-state index in [1.165, 1.54) is 17.4 Å². The van der Waals surface area contributed by atoms with Crippen molar-refractivity contribution in [3.63, 3.8) is 0 Å². The van der Waals surface area contributed by atoms with E-state index in [1.807, 2.05) is 12.4 Å². The lowest BCUT2D eigenvalue weighted by atomic mass is 10.3. The van der Waals surface area contributed by atoms with Crippen LogP contribution in [0.5, 0.6) is 5.75 Å². The van der Waals surface area contributed by atoms with Crippen LogP contribution in [0.1, 0.15) is 20.9 Å². The maximum absolute atomic E-state index is 13.6. The fourth-order valence-electron chi connectivity index (χ4n) is 2.38. The van der Waals surface area contributed by atoms with E-state index in [4.69, 9.17) is 4.74 Å². The lowest BCUT2D eigenvalue weighted by molar-refractivity contribution is 0.0786. The Labute approximate surface area is 163 Å². The van der Waals surface area contributed by atoms with Crippen LogP contribution in [-0.4, -0.2) is 27.6 Å².